The molecule has 1 heterocycles. The first-order chi connectivity index (χ1) is 14.2. The number of carbonyl (C=O) groups is 2. The third kappa shape index (κ3) is 5.97. The van der Waals surface area contributed by atoms with E-state index in [1.807, 2.05) is 26.8 Å². The van der Waals surface area contributed by atoms with Crippen LogP contribution in [-0.2, 0) is 14.9 Å². The molecule has 2 unspecified atom stereocenters. The Morgan fingerprint density at radius 3 is 2.47 bits per heavy atom. The van der Waals surface area contributed by atoms with Gasteiger partial charge in [0.25, 0.3) is 0 Å². The van der Waals surface area contributed by atoms with Crippen LogP contribution >= 0.6 is 0 Å². The Labute approximate surface area is 180 Å². The standard InChI is InChI=1S/C24H37N3O3/c1-18-13-19(14-25-22(29)30-23(2,3)4)15-27(18)16-21(28)26-17-24(11-8-12-24)20-9-6-5-7-10-20/h5-7,9-10,18-19H,8,11-17H2,1-4H3,(H,25,29)(H,26,28). The molecule has 166 valence electrons. The molecule has 0 spiro atoms. The van der Waals surface area contributed by atoms with Crippen molar-refractivity contribution in [2.24, 2.45) is 5.92 Å². The van der Waals surface area contributed by atoms with E-state index in [9.17, 15) is 9.59 Å². The van der Waals surface area contributed by atoms with Crippen LogP contribution in [0.3, 0.4) is 0 Å². The van der Waals surface area contributed by atoms with Crippen LogP contribution in [-0.4, -0.2) is 54.7 Å². The van der Waals surface area contributed by atoms with Gasteiger partial charge in [-0.15, -0.1) is 0 Å². The smallest absolute Gasteiger partial charge is 0.407 e. The molecule has 1 aromatic rings. The number of nitrogens with one attached hydrogen (secondary N) is 2. The van der Waals surface area contributed by atoms with Crippen LogP contribution in [0.1, 0.15) is 58.9 Å². The average Bonchev–Trinajstić information content (AvgIpc) is 2.98. The second-order valence-electron chi connectivity index (χ2n) is 10.0. The van der Waals surface area contributed by atoms with Gasteiger partial charge in [0.05, 0.1) is 6.54 Å². The fraction of sp³-hybridized carbons (Fsp3) is 0.667. The molecule has 2 amide bonds. The normalized spacial score (nSPS) is 23.5. The van der Waals surface area contributed by atoms with E-state index in [4.69, 9.17) is 4.74 Å². The van der Waals surface area contributed by atoms with Crippen LogP contribution in [0.15, 0.2) is 30.3 Å². The Balaban J connectivity index is 1.43. The van der Waals surface area contributed by atoms with Gasteiger partial charge in [-0.05, 0) is 58.4 Å². The van der Waals surface area contributed by atoms with Crippen LogP contribution in [0.2, 0.25) is 0 Å². The van der Waals surface area contributed by atoms with Crippen LogP contribution in [0, 0.1) is 5.92 Å². The molecule has 1 saturated carbocycles. The third-order valence-electron chi connectivity index (χ3n) is 6.39. The lowest BCUT2D eigenvalue weighted by atomic mass is 9.64. The van der Waals surface area contributed by atoms with E-state index in [1.165, 1.54) is 12.0 Å². The zero-order chi connectivity index (χ0) is 21.8. The molecule has 3 rings (SSSR count). The molecule has 1 aromatic carbocycles. The zero-order valence-electron chi connectivity index (χ0n) is 18.9. The van der Waals surface area contributed by atoms with Gasteiger partial charge in [-0.3, -0.25) is 9.69 Å². The predicted octanol–water partition coefficient (Wildman–Crippen LogP) is 3.46. The number of benzene rings is 1. The van der Waals surface area contributed by atoms with Gasteiger partial charge in [-0.2, -0.15) is 0 Å². The molecule has 2 aliphatic rings. The largest absolute Gasteiger partial charge is 0.444 e. The van der Waals surface area contributed by atoms with Crippen molar-refractivity contribution in [3.8, 4) is 0 Å². The van der Waals surface area contributed by atoms with Crippen molar-refractivity contribution >= 4 is 12.0 Å². The molecule has 2 N–H and O–H groups in total. The van der Waals surface area contributed by atoms with Crippen LogP contribution in [0.5, 0.6) is 0 Å². The minimum absolute atomic E-state index is 0.0878. The summed E-state index contributed by atoms with van der Waals surface area (Å²) in [6.45, 7) is 10.2. The van der Waals surface area contributed by atoms with E-state index in [1.54, 1.807) is 0 Å². The summed E-state index contributed by atoms with van der Waals surface area (Å²) in [7, 11) is 0. The molecule has 1 aliphatic carbocycles. The quantitative estimate of drug-likeness (QED) is 0.715. The van der Waals surface area contributed by atoms with Crippen LogP contribution in [0.25, 0.3) is 0 Å². The summed E-state index contributed by atoms with van der Waals surface area (Å²) >= 11 is 0. The number of alkyl carbamates (subject to hydrolysis) is 1. The Hall–Kier alpha value is -2.08. The first-order valence-electron chi connectivity index (χ1n) is 11.2. The summed E-state index contributed by atoms with van der Waals surface area (Å²) < 4.78 is 5.30. The third-order valence-corrected chi connectivity index (χ3v) is 6.39. The van der Waals surface area contributed by atoms with Crippen LogP contribution < -0.4 is 10.6 Å². The van der Waals surface area contributed by atoms with Crippen molar-refractivity contribution < 1.29 is 14.3 Å². The molecule has 30 heavy (non-hydrogen) atoms. The monoisotopic (exact) mass is 415 g/mol. The highest BCUT2D eigenvalue weighted by Gasteiger charge is 2.39. The first-order valence-corrected chi connectivity index (χ1v) is 11.2. The number of carbonyl (C=O) groups excluding carboxylic acids is 2. The van der Waals surface area contributed by atoms with Gasteiger partial charge in [0.2, 0.25) is 5.91 Å². The van der Waals surface area contributed by atoms with Gasteiger partial charge in [0, 0.05) is 31.1 Å². The van der Waals surface area contributed by atoms with Gasteiger partial charge in [0.15, 0.2) is 0 Å². The Morgan fingerprint density at radius 2 is 1.87 bits per heavy atom. The summed E-state index contributed by atoms with van der Waals surface area (Å²) in [5.41, 5.74) is 0.946. The van der Waals surface area contributed by atoms with Crippen molar-refractivity contribution in [2.75, 3.05) is 26.2 Å². The number of amides is 2. The fourth-order valence-corrected chi connectivity index (χ4v) is 4.60. The number of likely N-dealkylation sites (tertiary alicyclic amines) is 1. The molecule has 0 bridgehead atoms. The zero-order valence-corrected chi connectivity index (χ0v) is 18.9. The number of rotatable bonds is 7. The molecule has 0 aromatic heterocycles. The van der Waals surface area contributed by atoms with Gasteiger partial charge in [-0.1, -0.05) is 36.8 Å². The Bertz CT molecular complexity index is 725. The molecule has 6 nitrogen and oxygen atoms in total. The van der Waals surface area contributed by atoms with Gasteiger partial charge >= 0.3 is 6.09 Å². The number of ether oxygens (including phenoxy) is 1. The second-order valence-corrected chi connectivity index (χ2v) is 10.0. The van der Waals surface area contributed by atoms with Crippen molar-refractivity contribution in [3.05, 3.63) is 35.9 Å². The van der Waals surface area contributed by atoms with E-state index in [0.29, 0.717) is 31.6 Å². The van der Waals surface area contributed by atoms with Crippen molar-refractivity contribution in [1.29, 1.82) is 0 Å². The molecule has 2 atom stereocenters. The molecular weight excluding hydrogens is 378 g/mol. The number of hydrogen-bond donors (Lipinski definition) is 2. The second kappa shape index (κ2) is 9.38. The molecular formula is C24H37N3O3. The van der Waals surface area contributed by atoms with Crippen molar-refractivity contribution in [3.63, 3.8) is 0 Å². The maximum absolute atomic E-state index is 12.6. The minimum Gasteiger partial charge on any atom is -0.444 e. The summed E-state index contributed by atoms with van der Waals surface area (Å²) in [6.07, 6.45) is 4.08. The van der Waals surface area contributed by atoms with Crippen molar-refractivity contribution in [1.82, 2.24) is 15.5 Å². The SMILES string of the molecule is CC1CC(CNC(=O)OC(C)(C)C)CN1CC(=O)NCC1(c2ccccc2)CCC1. The molecule has 1 aliphatic heterocycles. The topological polar surface area (TPSA) is 70.7 Å². The summed E-state index contributed by atoms with van der Waals surface area (Å²) in [5.74, 6) is 0.424. The maximum atomic E-state index is 12.6. The molecule has 2 fully saturated rings. The minimum atomic E-state index is -0.491. The highest BCUT2D eigenvalue weighted by atomic mass is 16.6. The average molecular weight is 416 g/mol. The molecule has 1 saturated heterocycles. The first kappa shape index (κ1) is 22.6. The van der Waals surface area contributed by atoms with E-state index in [2.05, 4.69) is 46.7 Å². The van der Waals surface area contributed by atoms with Gasteiger partial charge in [0.1, 0.15) is 5.60 Å². The van der Waals surface area contributed by atoms with E-state index in [0.717, 1.165) is 25.8 Å². The van der Waals surface area contributed by atoms with E-state index in [-0.39, 0.29) is 17.4 Å². The van der Waals surface area contributed by atoms with E-state index < -0.39 is 5.60 Å². The van der Waals surface area contributed by atoms with Gasteiger partial charge < -0.3 is 15.4 Å². The summed E-state index contributed by atoms with van der Waals surface area (Å²) in [6, 6.07) is 10.9. The highest BCUT2D eigenvalue weighted by molar-refractivity contribution is 5.78. The van der Waals surface area contributed by atoms with Crippen molar-refractivity contribution in [2.45, 2.75) is 70.4 Å². The summed E-state index contributed by atoms with van der Waals surface area (Å²) in [5, 5.41) is 6.06. The Morgan fingerprint density at radius 1 is 1.17 bits per heavy atom. The maximum Gasteiger partial charge on any atom is 0.407 e. The highest BCUT2D eigenvalue weighted by Crippen LogP contribution is 2.43. The van der Waals surface area contributed by atoms with E-state index >= 15 is 0 Å². The lowest BCUT2D eigenvalue weighted by molar-refractivity contribution is -0.122. The Kier molecular flexibility index (Phi) is 7.06. The molecule has 6 heteroatoms. The lowest BCUT2D eigenvalue weighted by Gasteiger charge is -2.42. The number of hydrogen-bond acceptors (Lipinski definition) is 4. The predicted molar refractivity (Wildman–Crippen MR) is 118 cm³/mol. The lowest BCUT2D eigenvalue weighted by Crippen LogP contribution is -2.48. The number of nitrogens with zero attached hydrogens (tertiary/aromatic N) is 1. The summed E-state index contributed by atoms with van der Waals surface area (Å²) in [4.78, 5) is 26.7. The van der Waals surface area contributed by atoms with Gasteiger partial charge in [-0.25, -0.2) is 4.79 Å². The molecule has 0 radical (unpaired) electrons. The fourth-order valence-electron chi connectivity index (χ4n) is 4.60. The van der Waals surface area contributed by atoms with Crippen LogP contribution in [0.4, 0.5) is 4.79 Å².